The Balaban J connectivity index is 1.51. The SMILES string of the molecule is c1ccc(-c2nc3c(-c4ccc5ccccc5c4)c4ccccc4c(-c4ccc5ccccc5c4)c3[nH]2)cc1. The molecule has 182 valence electrons. The lowest BCUT2D eigenvalue weighted by atomic mass is 9.89. The summed E-state index contributed by atoms with van der Waals surface area (Å²) in [4.78, 5) is 9.04. The van der Waals surface area contributed by atoms with Crippen molar-refractivity contribution in [3.63, 3.8) is 0 Å². The van der Waals surface area contributed by atoms with E-state index in [1.807, 2.05) is 6.07 Å². The second-order valence-electron chi connectivity index (χ2n) is 10.1. The molecule has 0 aliphatic rings. The van der Waals surface area contributed by atoms with Gasteiger partial charge in [0.2, 0.25) is 0 Å². The summed E-state index contributed by atoms with van der Waals surface area (Å²) >= 11 is 0. The third-order valence-corrected chi connectivity index (χ3v) is 7.78. The molecule has 0 spiro atoms. The molecular formula is C37H24N2. The molecule has 1 aromatic heterocycles. The summed E-state index contributed by atoms with van der Waals surface area (Å²) < 4.78 is 0. The molecule has 7 aromatic carbocycles. The Morgan fingerprint density at radius 1 is 0.410 bits per heavy atom. The molecule has 0 saturated heterocycles. The van der Waals surface area contributed by atoms with Gasteiger partial charge in [-0.05, 0) is 55.6 Å². The van der Waals surface area contributed by atoms with Gasteiger partial charge in [-0.2, -0.15) is 0 Å². The van der Waals surface area contributed by atoms with Crippen molar-refractivity contribution in [3.8, 4) is 33.6 Å². The van der Waals surface area contributed by atoms with Crippen LogP contribution >= 0.6 is 0 Å². The molecule has 0 saturated carbocycles. The number of hydrogen-bond donors (Lipinski definition) is 1. The topological polar surface area (TPSA) is 28.7 Å². The number of hydrogen-bond acceptors (Lipinski definition) is 1. The van der Waals surface area contributed by atoms with Crippen molar-refractivity contribution in [2.75, 3.05) is 0 Å². The average Bonchev–Trinajstić information content (AvgIpc) is 3.44. The number of nitrogens with one attached hydrogen (secondary N) is 1. The highest BCUT2D eigenvalue weighted by molar-refractivity contribution is 6.20. The van der Waals surface area contributed by atoms with Crippen molar-refractivity contribution in [1.82, 2.24) is 9.97 Å². The summed E-state index contributed by atoms with van der Waals surface area (Å²) in [5, 5.41) is 7.35. The van der Waals surface area contributed by atoms with E-state index in [9.17, 15) is 0 Å². The second kappa shape index (κ2) is 8.68. The van der Waals surface area contributed by atoms with E-state index in [0.29, 0.717) is 0 Å². The summed E-state index contributed by atoms with van der Waals surface area (Å²) in [6.45, 7) is 0. The number of benzene rings is 7. The summed E-state index contributed by atoms with van der Waals surface area (Å²) in [7, 11) is 0. The first kappa shape index (κ1) is 21.8. The minimum Gasteiger partial charge on any atom is -0.337 e. The highest BCUT2D eigenvalue weighted by Crippen LogP contribution is 2.44. The molecule has 0 radical (unpaired) electrons. The van der Waals surface area contributed by atoms with Crippen LogP contribution in [0.4, 0.5) is 0 Å². The van der Waals surface area contributed by atoms with E-state index < -0.39 is 0 Å². The van der Waals surface area contributed by atoms with Crippen LogP contribution in [0.25, 0.3) is 77.0 Å². The van der Waals surface area contributed by atoms with Crippen LogP contribution in [0.5, 0.6) is 0 Å². The maximum Gasteiger partial charge on any atom is 0.138 e. The number of nitrogens with zero attached hydrogens (tertiary/aromatic N) is 1. The first-order valence-corrected chi connectivity index (χ1v) is 13.3. The quantitative estimate of drug-likeness (QED) is 0.259. The first-order chi connectivity index (χ1) is 19.3. The van der Waals surface area contributed by atoms with Crippen molar-refractivity contribution >= 4 is 43.4 Å². The number of H-pyrrole nitrogens is 1. The summed E-state index contributed by atoms with van der Waals surface area (Å²) in [5.41, 5.74) is 7.83. The van der Waals surface area contributed by atoms with Crippen molar-refractivity contribution in [2.45, 2.75) is 0 Å². The molecule has 1 heterocycles. The molecule has 0 fully saturated rings. The Morgan fingerprint density at radius 2 is 0.923 bits per heavy atom. The molecule has 8 rings (SSSR count). The van der Waals surface area contributed by atoms with Crippen molar-refractivity contribution in [1.29, 1.82) is 0 Å². The largest absolute Gasteiger partial charge is 0.337 e. The third-order valence-electron chi connectivity index (χ3n) is 7.78. The number of imidazole rings is 1. The van der Waals surface area contributed by atoms with Crippen LogP contribution in [0.2, 0.25) is 0 Å². The normalized spacial score (nSPS) is 11.6. The molecule has 2 nitrogen and oxygen atoms in total. The molecule has 2 heteroatoms. The molecule has 39 heavy (non-hydrogen) atoms. The van der Waals surface area contributed by atoms with E-state index in [-0.39, 0.29) is 0 Å². The van der Waals surface area contributed by atoms with E-state index in [1.54, 1.807) is 0 Å². The van der Waals surface area contributed by atoms with Gasteiger partial charge in [0.15, 0.2) is 0 Å². The number of fused-ring (bicyclic) bond motifs is 4. The molecule has 0 aliphatic heterocycles. The molecule has 0 aliphatic carbocycles. The second-order valence-corrected chi connectivity index (χ2v) is 10.1. The number of aromatic amines is 1. The van der Waals surface area contributed by atoms with Crippen molar-refractivity contribution in [2.24, 2.45) is 0 Å². The highest BCUT2D eigenvalue weighted by Gasteiger charge is 2.21. The van der Waals surface area contributed by atoms with Crippen LogP contribution in [-0.2, 0) is 0 Å². The van der Waals surface area contributed by atoms with Gasteiger partial charge < -0.3 is 4.98 Å². The van der Waals surface area contributed by atoms with Crippen molar-refractivity contribution < 1.29 is 0 Å². The number of rotatable bonds is 3. The summed E-state index contributed by atoms with van der Waals surface area (Å²) in [5.74, 6) is 0.880. The van der Waals surface area contributed by atoms with Gasteiger partial charge in [0.1, 0.15) is 5.82 Å². The zero-order valence-corrected chi connectivity index (χ0v) is 21.2. The van der Waals surface area contributed by atoms with E-state index in [1.165, 1.54) is 49.0 Å². The van der Waals surface area contributed by atoms with E-state index >= 15 is 0 Å². The Morgan fingerprint density at radius 3 is 1.56 bits per heavy atom. The maximum absolute atomic E-state index is 5.28. The zero-order chi connectivity index (χ0) is 25.8. The molecule has 0 unspecified atom stereocenters. The fraction of sp³-hybridized carbons (Fsp3) is 0. The van der Waals surface area contributed by atoms with Crippen LogP contribution in [-0.4, -0.2) is 9.97 Å². The van der Waals surface area contributed by atoms with Gasteiger partial charge in [0.05, 0.1) is 11.0 Å². The third kappa shape index (κ3) is 3.53. The maximum atomic E-state index is 5.28. The molecule has 0 bridgehead atoms. The van der Waals surface area contributed by atoms with Gasteiger partial charge in [-0.25, -0.2) is 4.98 Å². The minimum atomic E-state index is 0.880. The lowest BCUT2D eigenvalue weighted by Crippen LogP contribution is -1.90. The van der Waals surface area contributed by atoms with Gasteiger partial charge in [-0.15, -0.1) is 0 Å². The fourth-order valence-electron chi connectivity index (χ4n) is 5.93. The smallest absolute Gasteiger partial charge is 0.138 e. The number of aromatic nitrogens is 2. The highest BCUT2D eigenvalue weighted by atomic mass is 14.9. The average molecular weight is 497 g/mol. The van der Waals surface area contributed by atoms with Crippen LogP contribution < -0.4 is 0 Å². The predicted octanol–water partition coefficient (Wildman–Crippen LogP) is 10.0. The Kier molecular flexibility index (Phi) is 4.86. The first-order valence-electron chi connectivity index (χ1n) is 13.3. The monoisotopic (exact) mass is 496 g/mol. The molecular weight excluding hydrogens is 472 g/mol. The summed E-state index contributed by atoms with van der Waals surface area (Å²) in [6, 6.07) is 49.7. The van der Waals surface area contributed by atoms with Gasteiger partial charge in [-0.1, -0.05) is 127 Å². The van der Waals surface area contributed by atoms with Gasteiger partial charge in [0, 0.05) is 16.7 Å². The van der Waals surface area contributed by atoms with Crippen molar-refractivity contribution in [3.05, 3.63) is 140 Å². The van der Waals surface area contributed by atoms with Crippen LogP contribution in [0.3, 0.4) is 0 Å². The lowest BCUT2D eigenvalue weighted by molar-refractivity contribution is 1.34. The van der Waals surface area contributed by atoms with Gasteiger partial charge in [-0.3, -0.25) is 0 Å². The van der Waals surface area contributed by atoms with Gasteiger partial charge in [0.25, 0.3) is 0 Å². The van der Waals surface area contributed by atoms with Crippen LogP contribution in [0.15, 0.2) is 140 Å². The van der Waals surface area contributed by atoms with Gasteiger partial charge >= 0.3 is 0 Å². The van der Waals surface area contributed by atoms with E-state index in [4.69, 9.17) is 4.98 Å². The molecule has 8 aromatic rings. The predicted molar refractivity (Wildman–Crippen MR) is 165 cm³/mol. The van der Waals surface area contributed by atoms with E-state index in [2.05, 4.69) is 138 Å². The standard InChI is InChI=1S/C37H24N2/c1-2-12-26(13-3-1)37-38-35-33(29-20-18-24-10-4-6-14-27(24)22-29)31-16-8-9-17-32(31)34(36(35)39-37)30-21-19-25-11-5-7-15-28(25)23-30/h1-23H,(H,38,39). The summed E-state index contributed by atoms with van der Waals surface area (Å²) in [6.07, 6.45) is 0. The zero-order valence-electron chi connectivity index (χ0n) is 21.2. The molecule has 0 atom stereocenters. The molecule has 0 amide bonds. The fourth-order valence-corrected chi connectivity index (χ4v) is 5.93. The lowest BCUT2D eigenvalue weighted by Gasteiger charge is -2.15. The Hall–Kier alpha value is -5.21. The van der Waals surface area contributed by atoms with Crippen LogP contribution in [0, 0.1) is 0 Å². The molecule has 1 N–H and O–H groups in total. The Labute approximate surface area is 226 Å². The van der Waals surface area contributed by atoms with Crippen LogP contribution in [0.1, 0.15) is 0 Å². The van der Waals surface area contributed by atoms with E-state index in [0.717, 1.165) is 28.0 Å². The minimum absolute atomic E-state index is 0.880. The Bertz CT molecular complexity index is 2030.